The van der Waals surface area contributed by atoms with E-state index in [1.807, 2.05) is 0 Å². The topological polar surface area (TPSA) is 112 Å². The van der Waals surface area contributed by atoms with Gasteiger partial charge in [0.1, 0.15) is 21.6 Å². The average Bonchev–Trinajstić information content (AvgIpc) is 2.63. The summed E-state index contributed by atoms with van der Waals surface area (Å²) in [5.41, 5.74) is 1.07. The standard InChI is InChI=1S/C18H17N3O4S/c1-13(22)21-15-5-3-14(4-6-15)20-12-18(11-19)26(23,24)17-9-7-16(25-2)8-10-17/h3-10,12H,1-2H3,(H,21,22)(H,23,24). The number of benzene rings is 2. The number of carbonyl (C=O) groups is 1. The van der Waals surface area contributed by atoms with Crippen LogP contribution in [-0.2, 0) is 14.6 Å². The van der Waals surface area contributed by atoms with Crippen LogP contribution in [-0.4, -0.2) is 32.9 Å². The molecule has 2 N–H and O–H groups in total. The second-order valence-corrected chi connectivity index (χ2v) is 7.13. The molecular weight excluding hydrogens is 354 g/mol. The van der Waals surface area contributed by atoms with Crippen molar-refractivity contribution in [3.8, 4) is 11.8 Å². The quantitative estimate of drug-likeness (QED) is 0.620. The maximum Gasteiger partial charge on any atom is 0.221 e. The number of hydrogen-bond donors (Lipinski definition) is 2. The number of methoxy groups -OCH3 is 1. The predicted molar refractivity (Wildman–Crippen MR) is 102 cm³/mol. The molecule has 2 rings (SSSR count). The second kappa shape index (κ2) is 8.29. The van der Waals surface area contributed by atoms with Gasteiger partial charge < -0.3 is 14.6 Å². The van der Waals surface area contributed by atoms with Crippen LogP contribution in [0.2, 0.25) is 0 Å². The van der Waals surface area contributed by atoms with E-state index in [2.05, 4.69) is 10.3 Å². The fraction of sp³-hybridized carbons (Fsp3) is 0.111. The van der Waals surface area contributed by atoms with Crippen LogP contribution in [0.1, 0.15) is 6.92 Å². The molecule has 1 atom stereocenters. The monoisotopic (exact) mass is 371 g/mol. The van der Waals surface area contributed by atoms with E-state index in [1.165, 1.54) is 38.3 Å². The fourth-order valence-corrected chi connectivity index (χ4v) is 3.09. The maximum atomic E-state index is 12.6. The number of carbonyl (C=O) groups excluding carboxylic acids is 1. The van der Waals surface area contributed by atoms with Crippen LogP contribution in [0.25, 0.3) is 0 Å². The van der Waals surface area contributed by atoms with Crippen molar-refractivity contribution < 1.29 is 18.3 Å². The summed E-state index contributed by atoms with van der Waals surface area (Å²) in [4.78, 5) is 14.8. The van der Waals surface area contributed by atoms with Crippen molar-refractivity contribution in [1.82, 2.24) is 0 Å². The fourth-order valence-electron chi connectivity index (χ4n) is 2.02. The van der Waals surface area contributed by atoms with Gasteiger partial charge in [0.25, 0.3) is 0 Å². The van der Waals surface area contributed by atoms with Crippen molar-refractivity contribution in [2.45, 2.75) is 11.8 Å². The van der Waals surface area contributed by atoms with E-state index in [4.69, 9.17) is 4.74 Å². The van der Waals surface area contributed by atoms with Crippen molar-refractivity contribution in [3.63, 3.8) is 0 Å². The largest absolute Gasteiger partial charge is 0.497 e. The molecule has 0 aromatic heterocycles. The summed E-state index contributed by atoms with van der Waals surface area (Å²) in [6, 6.07) is 14.2. The van der Waals surface area contributed by atoms with E-state index in [-0.39, 0.29) is 15.7 Å². The Labute approximate surface area is 151 Å². The van der Waals surface area contributed by atoms with Crippen molar-refractivity contribution in [3.05, 3.63) is 48.5 Å². The summed E-state index contributed by atoms with van der Waals surface area (Å²) >= 11 is 0. The molecule has 1 unspecified atom stereocenters. The molecule has 0 saturated heterocycles. The van der Waals surface area contributed by atoms with E-state index in [1.54, 1.807) is 30.3 Å². The third kappa shape index (κ3) is 4.69. The van der Waals surface area contributed by atoms with Gasteiger partial charge in [0.05, 0.1) is 23.9 Å². The van der Waals surface area contributed by atoms with Gasteiger partial charge >= 0.3 is 0 Å². The first-order chi connectivity index (χ1) is 12.4. The number of ether oxygens (including phenoxy) is 1. The van der Waals surface area contributed by atoms with Gasteiger partial charge in [-0.15, -0.1) is 0 Å². The zero-order chi connectivity index (χ0) is 19.2. The number of nitrogens with one attached hydrogen (secondary N) is 1. The minimum Gasteiger partial charge on any atom is -0.497 e. The van der Waals surface area contributed by atoms with Gasteiger partial charge in [0, 0.05) is 12.6 Å². The summed E-state index contributed by atoms with van der Waals surface area (Å²) in [6.45, 7) is 1.40. The van der Waals surface area contributed by atoms with E-state index >= 15 is 0 Å². The Balaban J connectivity index is 2.32. The molecule has 26 heavy (non-hydrogen) atoms. The highest BCUT2D eigenvalue weighted by atomic mass is 32.2. The van der Waals surface area contributed by atoms with Crippen LogP contribution in [0, 0.1) is 11.3 Å². The SMILES string of the molecule is COc1ccc(S(=O)(O)=C(C#N)C=Nc2ccc(NC(C)=O)cc2)cc1. The molecule has 7 nitrogen and oxygen atoms in total. The first-order valence-electron chi connectivity index (χ1n) is 7.46. The molecule has 0 bridgehead atoms. The molecule has 0 fully saturated rings. The lowest BCUT2D eigenvalue weighted by Gasteiger charge is -2.06. The molecule has 0 saturated carbocycles. The first kappa shape index (κ1) is 19.2. The van der Waals surface area contributed by atoms with Crippen molar-refractivity contribution in [2.24, 2.45) is 4.99 Å². The lowest BCUT2D eigenvalue weighted by atomic mass is 10.3. The van der Waals surface area contributed by atoms with E-state index in [0.29, 0.717) is 17.1 Å². The van der Waals surface area contributed by atoms with E-state index < -0.39 is 9.80 Å². The van der Waals surface area contributed by atoms with Crippen LogP contribution in [0.15, 0.2) is 58.4 Å². The van der Waals surface area contributed by atoms with Gasteiger partial charge in [0.2, 0.25) is 5.91 Å². The van der Waals surface area contributed by atoms with Crippen molar-refractivity contribution in [2.75, 3.05) is 12.4 Å². The highest BCUT2D eigenvalue weighted by Crippen LogP contribution is 2.18. The van der Waals surface area contributed by atoms with Crippen molar-refractivity contribution in [1.29, 1.82) is 5.26 Å². The summed E-state index contributed by atoms with van der Waals surface area (Å²) < 4.78 is 28.0. The van der Waals surface area contributed by atoms with Crippen molar-refractivity contribution >= 4 is 38.2 Å². The van der Waals surface area contributed by atoms with Gasteiger partial charge in [-0.25, -0.2) is 4.21 Å². The van der Waals surface area contributed by atoms with Gasteiger partial charge in [-0.1, -0.05) is 0 Å². The Morgan fingerprint density at radius 1 is 1.23 bits per heavy atom. The van der Waals surface area contributed by atoms with Crippen LogP contribution in [0.3, 0.4) is 0 Å². The highest BCUT2D eigenvalue weighted by Gasteiger charge is 2.14. The molecule has 0 aliphatic carbocycles. The molecule has 0 radical (unpaired) electrons. The number of rotatable bonds is 5. The molecule has 0 heterocycles. The normalized spacial score (nSPS) is 12.8. The predicted octanol–water partition coefficient (Wildman–Crippen LogP) is 2.87. The van der Waals surface area contributed by atoms with Gasteiger partial charge in [-0.3, -0.25) is 9.79 Å². The number of nitriles is 1. The van der Waals surface area contributed by atoms with Crippen LogP contribution >= 0.6 is 0 Å². The molecule has 134 valence electrons. The summed E-state index contributed by atoms with van der Waals surface area (Å²) in [5, 5.41) is 11.9. The highest BCUT2D eigenvalue weighted by molar-refractivity contribution is 7.98. The maximum absolute atomic E-state index is 12.6. The van der Waals surface area contributed by atoms with Crippen LogP contribution in [0.5, 0.6) is 5.75 Å². The summed E-state index contributed by atoms with van der Waals surface area (Å²) in [5.74, 6) is 0.344. The average molecular weight is 371 g/mol. The minimum atomic E-state index is -3.73. The van der Waals surface area contributed by atoms with E-state index in [9.17, 15) is 18.8 Å². The molecule has 2 aromatic carbocycles. The Bertz CT molecular complexity index is 981. The number of anilines is 1. The number of aliphatic imine (C=N–C) groups is 1. The Morgan fingerprint density at radius 3 is 2.35 bits per heavy atom. The van der Waals surface area contributed by atoms with Crippen LogP contribution < -0.4 is 10.1 Å². The molecule has 0 aliphatic rings. The first-order valence-corrected chi connectivity index (χ1v) is 8.98. The third-order valence-electron chi connectivity index (χ3n) is 3.31. The van der Waals surface area contributed by atoms with Gasteiger partial charge in [0.15, 0.2) is 4.86 Å². The Morgan fingerprint density at radius 2 is 1.85 bits per heavy atom. The van der Waals surface area contributed by atoms with Crippen LogP contribution in [0.4, 0.5) is 11.4 Å². The second-order valence-electron chi connectivity index (χ2n) is 5.16. The molecule has 0 spiro atoms. The molecule has 1 amide bonds. The van der Waals surface area contributed by atoms with E-state index in [0.717, 1.165) is 6.21 Å². The Hall–Kier alpha value is -3.15. The number of hydrogen-bond acceptors (Lipinski definition) is 5. The zero-order valence-corrected chi connectivity index (χ0v) is 15.0. The molecular formula is C18H17N3O4S. The van der Waals surface area contributed by atoms with Gasteiger partial charge in [-0.2, -0.15) is 5.26 Å². The lowest BCUT2D eigenvalue weighted by molar-refractivity contribution is -0.114. The molecule has 0 aliphatic heterocycles. The smallest absolute Gasteiger partial charge is 0.221 e. The molecule has 2 aromatic rings. The summed E-state index contributed by atoms with van der Waals surface area (Å²) in [6.07, 6.45) is 1.07. The Kier molecular flexibility index (Phi) is 6.11. The summed E-state index contributed by atoms with van der Waals surface area (Å²) in [7, 11) is -2.24. The minimum absolute atomic E-state index is 0.0855. The zero-order valence-electron chi connectivity index (χ0n) is 14.2. The molecule has 8 heteroatoms. The lowest BCUT2D eigenvalue weighted by Crippen LogP contribution is -2.13. The third-order valence-corrected chi connectivity index (χ3v) is 5.01. The van der Waals surface area contributed by atoms with Gasteiger partial charge in [-0.05, 0) is 48.5 Å². The number of amides is 1. The number of nitrogens with zero attached hydrogens (tertiary/aromatic N) is 2.